The molecule has 1 fully saturated rings. The van der Waals surface area contributed by atoms with Crippen molar-refractivity contribution in [3.05, 3.63) is 6.33 Å². The molecule has 1 aliphatic carbocycles. The minimum absolute atomic E-state index is 0.193. The van der Waals surface area contributed by atoms with Gasteiger partial charge in [-0.2, -0.15) is 0 Å². The zero-order valence-corrected chi connectivity index (χ0v) is 11.4. The van der Waals surface area contributed by atoms with Crippen LogP contribution in [0.4, 0.5) is 0 Å². The van der Waals surface area contributed by atoms with Gasteiger partial charge in [0.1, 0.15) is 11.9 Å². The molecule has 3 N–H and O–H groups in total. The number of aromatic nitrogens is 4. The highest BCUT2D eigenvalue weighted by molar-refractivity contribution is 5.90. The summed E-state index contributed by atoms with van der Waals surface area (Å²) < 4.78 is 1.48. The highest BCUT2D eigenvalue weighted by Gasteiger charge is 2.38. The van der Waals surface area contributed by atoms with E-state index < -0.39 is 11.4 Å². The molecule has 0 aliphatic heterocycles. The fourth-order valence-electron chi connectivity index (χ4n) is 2.59. The van der Waals surface area contributed by atoms with Gasteiger partial charge in [0, 0.05) is 6.42 Å². The van der Waals surface area contributed by atoms with E-state index in [0.717, 1.165) is 25.7 Å². The number of carbonyl (C=O) groups is 2. The molecular formula is C12H20N6O2. The van der Waals surface area contributed by atoms with Crippen LogP contribution in [0.5, 0.6) is 0 Å². The Morgan fingerprint density at radius 2 is 1.95 bits per heavy atom. The van der Waals surface area contributed by atoms with Gasteiger partial charge >= 0.3 is 0 Å². The molecule has 1 aromatic rings. The number of hydrogen-bond acceptors (Lipinski definition) is 5. The topological polar surface area (TPSA) is 116 Å². The van der Waals surface area contributed by atoms with Crippen LogP contribution in [0.15, 0.2) is 6.33 Å². The highest BCUT2D eigenvalue weighted by atomic mass is 16.2. The number of amides is 2. The first kappa shape index (κ1) is 14.4. The number of carbonyl (C=O) groups excluding carboxylic acids is 2. The van der Waals surface area contributed by atoms with E-state index in [9.17, 15) is 9.59 Å². The predicted molar refractivity (Wildman–Crippen MR) is 70.2 cm³/mol. The van der Waals surface area contributed by atoms with Crippen LogP contribution >= 0.6 is 0 Å². The molecule has 8 heteroatoms. The van der Waals surface area contributed by atoms with Crippen LogP contribution in [-0.2, 0) is 16.1 Å². The largest absolute Gasteiger partial charge is 0.368 e. The summed E-state index contributed by atoms with van der Waals surface area (Å²) >= 11 is 0. The van der Waals surface area contributed by atoms with E-state index in [-0.39, 0.29) is 12.3 Å². The maximum Gasteiger partial charge on any atom is 0.243 e. The zero-order chi connectivity index (χ0) is 14.4. The Bertz CT molecular complexity index is 451. The Kier molecular flexibility index (Phi) is 4.65. The van der Waals surface area contributed by atoms with Crippen molar-refractivity contribution in [1.29, 1.82) is 0 Å². The third kappa shape index (κ3) is 3.52. The van der Waals surface area contributed by atoms with Crippen molar-refractivity contribution in [1.82, 2.24) is 25.5 Å². The third-order valence-corrected chi connectivity index (χ3v) is 3.77. The maximum absolute atomic E-state index is 12.0. The Morgan fingerprint density at radius 3 is 2.50 bits per heavy atom. The van der Waals surface area contributed by atoms with E-state index in [1.54, 1.807) is 0 Å². The summed E-state index contributed by atoms with van der Waals surface area (Å²) in [5.74, 6) is -0.628. The standard InChI is InChI=1S/C12H20N6O2/c13-11(20)12(6-3-1-2-4-7-12)15-10(19)5-8-18-9-14-16-17-18/h9H,1-8H2,(H2,13,20)(H,15,19). The van der Waals surface area contributed by atoms with Gasteiger partial charge in [0.25, 0.3) is 0 Å². The molecule has 20 heavy (non-hydrogen) atoms. The number of nitrogens with two attached hydrogens (primary N) is 1. The van der Waals surface area contributed by atoms with Gasteiger partial charge in [-0.05, 0) is 23.3 Å². The Labute approximate surface area is 117 Å². The minimum atomic E-state index is -0.881. The fourth-order valence-corrected chi connectivity index (χ4v) is 2.59. The molecule has 0 spiro atoms. The zero-order valence-electron chi connectivity index (χ0n) is 11.4. The van der Waals surface area contributed by atoms with E-state index >= 15 is 0 Å². The third-order valence-electron chi connectivity index (χ3n) is 3.77. The molecule has 110 valence electrons. The lowest BCUT2D eigenvalue weighted by molar-refractivity contribution is -0.132. The van der Waals surface area contributed by atoms with Crippen LogP contribution in [0.2, 0.25) is 0 Å². The van der Waals surface area contributed by atoms with Crippen LogP contribution in [0.25, 0.3) is 0 Å². The quantitative estimate of drug-likeness (QED) is 0.722. The molecule has 8 nitrogen and oxygen atoms in total. The summed E-state index contributed by atoms with van der Waals surface area (Å²) in [6.07, 6.45) is 6.90. The van der Waals surface area contributed by atoms with Gasteiger partial charge in [-0.1, -0.05) is 25.7 Å². The molecule has 0 aromatic carbocycles. The van der Waals surface area contributed by atoms with E-state index in [1.807, 2.05) is 0 Å². The first-order valence-corrected chi connectivity index (χ1v) is 6.94. The number of tetrazole rings is 1. The first-order chi connectivity index (χ1) is 9.62. The smallest absolute Gasteiger partial charge is 0.243 e. The lowest BCUT2D eigenvalue weighted by atomic mass is 9.89. The predicted octanol–water partition coefficient (Wildman–Crippen LogP) is -0.242. The van der Waals surface area contributed by atoms with Crippen LogP contribution in [0.1, 0.15) is 44.9 Å². The minimum Gasteiger partial charge on any atom is -0.368 e. The molecule has 0 radical (unpaired) electrons. The van der Waals surface area contributed by atoms with Gasteiger partial charge in [0.2, 0.25) is 11.8 Å². The average molecular weight is 280 g/mol. The van der Waals surface area contributed by atoms with Crippen molar-refractivity contribution in [3.63, 3.8) is 0 Å². The van der Waals surface area contributed by atoms with Gasteiger partial charge in [-0.25, -0.2) is 4.68 Å². The molecule has 0 bridgehead atoms. The normalized spacial score (nSPS) is 18.2. The summed E-state index contributed by atoms with van der Waals surface area (Å²) in [5, 5.41) is 13.5. The Morgan fingerprint density at radius 1 is 1.25 bits per heavy atom. The second-order valence-electron chi connectivity index (χ2n) is 5.23. The molecule has 2 rings (SSSR count). The van der Waals surface area contributed by atoms with Gasteiger partial charge in [0.05, 0.1) is 6.54 Å². The molecule has 0 unspecified atom stereocenters. The molecule has 2 amide bonds. The summed E-state index contributed by atoms with van der Waals surface area (Å²) in [6, 6.07) is 0. The van der Waals surface area contributed by atoms with Crippen molar-refractivity contribution in [2.24, 2.45) is 5.73 Å². The molecule has 0 atom stereocenters. The second kappa shape index (κ2) is 6.44. The van der Waals surface area contributed by atoms with Crippen molar-refractivity contribution >= 4 is 11.8 Å². The lowest BCUT2D eigenvalue weighted by Gasteiger charge is -2.30. The van der Waals surface area contributed by atoms with Gasteiger partial charge < -0.3 is 11.1 Å². The number of nitrogens with zero attached hydrogens (tertiary/aromatic N) is 4. The fraction of sp³-hybridized carbons (Fsp3) is 0.750. The highest BCUT2D eigenvalue weighted by Crippen LogP contribution is 2.27. The Hall–Kier alpha value is -1.99. The van der Waals surface area contributed by atoms with Crippen LogP contribution in [0.3, 0.4) is 0 Å². The van der Waals surface area contributed by atoms with Crippen molar-refractivity contribution in [2.45, 2.75) is 57.0 Å². The summed E-state index contributed by atoms with van der Waals surface area (Å²) in [6.45, 7) is 0.383. The molecule has 1 aliphatic rings. The summed E-state index contributed by atoms with van der Waals surface area (Å²) in [4.78, 5) is 23.8. The molecule has 0 saturated heterocycles. The molecule has 1 saturated carbocycles. The van der Waals surface area contributed by atoms with E-state index in [2.05, 4.69) is 20.8 Å². The molecule has 1 aromatic heterocycles. The second-order valence-corrected chi connectivity index (χ2v) is 5.23. The molecular weight excluding hydrogens is 260 g/mol. The van der Waals surface area contributed by atoms with E-state index in [4.69, 9.17) is 5.73 Å². The van der Waals surface area contributed by atoms with Crippen molar-refractivity contribution in [3.8, 4) is 0 Å². The summed E-state index contributed by atoms with van der Waals surface area (Å²) in [7, 11) is 0. The Balaban J connectivity index is 1.93. The van der Waals surface area contributed by atoms with Crippen LogP contribution < -0.4 is 11.1 Å². The number of rotatable bonds is 5. The van der Waals surface area contributed by atoms with Gasteiger partial charge in [-0.3, -0.25) is 9.59 Å². The monoisotopic (exact) mass is 280 g/mol. The van der Waals surface area contributed by atoms with E-state index in [0.29, 0.717) is 19.4 Å². The van der Waals surface area contributed by atoms with Crippen molar-refractivity contribution in [2.75, 3.05) is 0 Å². The SMILES string of the molecule is NC(=O)C1(NC(=O)CCn2cnnn2)CCCCCC1. The van der Waals surface area contributed by atoms with E-state index in [1.165, 1.54) is 11.0 Å². The maximum atomic E-state index is 12.0. The van der Waals surface area contributed by atoms with Gasteiger partial charge in [-0.15, -0.1) is 5.10 Å². The first-order valence-electron chi connectivity index (χ1n) is 6.94. The molecule has 1 heterocycles. The number of aryl methyl sites for hydroxylation is 1. The van der Waals surface area contributed by atoms with Crippen LogP contribution in [-0.4, -0.2) is 37.6 Å². The van der Waals surface area contributed by atoms with Crippen LogP contribution in [0, 0.1) is 0 Å². The van der Waals surface area contributed by atoms with Crippen molar-refractivity contribution < 1.29 is 9.59 Å². The number of hydrogen-bond donors (Lipinski definition) is 2. The average Bonchev–Trinajstić information content (AvgIpc) is 2.82. The number of nitrogens with one attached hydrogen (secondary N) is 1. The number of primary amides is 1. The summed E-state index contributed by atoms with van der Waals surface area (Å²) in [5.41, 5.74) is 4.64. The lowest BCUT2D eigenvalue weighted by Crippen LogP contribution is -2.57. The van der Waals surface area contributed by atoms with Gasteiger partial charge in [0.15, 0.2) is 0 Å².